The Morgan fingerprint density at radius 1 is 1.21 bits per heavy atom. The Bertz CT molecular complexity index is 859. The van der Waals surface area contributed by atoms with E-state index in [1.54, 1.807) is 26.0 Å². The van der Waals surface area contributed by atoms with Crippen molar-refractivity contribution in [1.29, 1.82) is 0 Å². The first-order chi connectivity index (χ1) is 16.3. The number of hydrogen-bond donors (Lipinski definition) is 4. The van der Waals surface area contributed by atoms with Crippen molar-refractivity contribution < 1.29 is 33.8 Å². The van der Waals surface area contributed by atoms with E-state index in [1.807, 2.05) is 30.3 Å². The summed E-state index contributed by atoms with van der Waals surface area (Å²) in [7, 11) is 0. The molecule has 0 fully saturated rings. The van der Waals surface area contributed by atoms with Crippen molar-refractivity contribution in [3.63, 3.8) is 0 Å². The summed E-state index contributed by atoms with van der Waals surface area (Å²) in [6.45, 7) is 3.10. The van der Waals surface area contributed by atoms with Crippen molar-refractivity contribution in [3.8, 4) is 0 Å². The fraction of sp³-hybridized carbons (Fsp3) is 0.500. The van der Waals surface area contributed by atoms with E-state index in [2.05, 4.69) is 16.0 Å². The highest BCUT2D eigenvalue weighted by Gasteiger charge is 2.26. The summed E-state index contributed by atoms with van der Waals surface area (Å²) in [5.41, 5.74) is 0.812. The Balaban J connectivity index is 2.00. The zero-order valence-electron chi connectivity index (χ0n) is 19.5. The van der Waals surface area contributed by atoms with Gasteiger partial charge in [0.25, 0.3) is 0 Å². The fourth-order valence-corrected chi connectivity index (χ4v) is 3.21. The van der Waals surface area contributed by atoms with Crippen LogP contribution in [0, 0.1) is 5.92 Å². The molecule has 3 amide bonds. The van der Waals surface area contributed by atoms with Crippen LogP contribution in [0.3, 0.4) is 0 Å². The van der Waals surface area contributed by atoms with Gasteiger partial charge in [-0.2, -0.15) is 0 Å². The molecule has 2 rings (SSSR count). The lowest BCUT2D eigenvalue weighted by atomic mass is 9.98. The molecule has 0 bridgehead atoms. The van der Waals surface area contributed by atoms with Crippen molar-refractivity contribution in [2.75, 3.05) is 13.2 Å². The number of nitrogens with one attached hydrogen (secondary N) is 3. The van der Waals surface area contributed by atoms with Crippen LogP contribution in [0.25, 0.3) is 0 Å². The second-order valence-electron chi connectivity index (χ2n) is 8.29. The Kier molecular flexibility index (Phi) is 11.0. The Morgan fingerprint density at radius 3 is 2.62 bits per heavy atom. The van der Waals surface area contributed by atoms with Crippen LogP contribution in [-0.2, 0) is 30.5 Å². The molecule has 0 saturated carbocycles. The number of cyclic esters (lactones) is 1. The lowest BCUT2D eigenvalue weighted by Crippen LogP contribution is -2.45. The van der Waals surface area contributed by atoms with Gasteiger partial charge in [-0.1, -0.05) is 42.5 Å². The first-order valence-electron chi connectivity index (χ1n) is 11.3. The molecule has 0 unspecified atom stereocenters. The zero-order chi connectivity index (χ0) is 24.9. The van der Waals surface area contributed by atoms with Crippen LogP contribution in [0.15, 0.2) is 42.5 Å². The number of ether oxygens (including phenoxy) is 2. The summed E-state index contributed by atoms with van der Waals surface area (Å²) in [6.07, 6.45) is 2.94. The number of aliphatic hydroxyl groups excluding tert-OH is 1. The SMILES string of the molecule is C[C@H](CO)NC(=O)C[C@H]1CC=CC[C@@H](NC(=O)OCc2ccccc2)C(=O)OC[C@H](C)NC1=O. The molecule has 0 aliphatic carbocycles. The maximum absolute atomic E-state index is 12.6. The van der Waals surface area contributed by atoms with Gasteiger partial charge < -0.3 is 30.5 Å². The number of esters is 1. The van der Waals surface area contributed by atoms with Crippen LogP contribution in [0.5, 0.6) is 0 Å². The van der Waals surface area contributed by atoms with E-state index in [4.69, 9.17) is 14.6 Å². The summed E-state index contributed by atoms with van der Waals surface area (Å²) in [4.78, 5) is 49.5. The zero-order valence-corrected chi connectivity index (χ0v) is 19.5. The molecule has 1 heterocycles. The molecule has 4 N–H and O–H groups in total. The fourth-order valence-electron chi connectivity index (χ4n) is 3.21. The molecule has 1 aromatic carbocycles. The number of benzene rings is 1. The number of carbonyl (C=O) groups is 4. The molecule has 10 nitrogen and oxygen atoms in total. The van der Waals surface area contributed by atoms with Gasteiger partial charge in [0.05, 0.1) is 18.6 Å². The number of carbonyl (C=O) groups excluding carboxylic acids is 4. The minimum Gasteiger partial charge on any atom is -0.462 e. The largest absolute Gasteiger partial charge is 0.462 e. The number of aliphatic hydroxyl groups is 1. The molecule has 0 spiro atoms. The Labute approximate surface area is 199 Å². The van der Waals surface area contributed by atoms with E-state index in [0.29, 0.717) is 0 Å². The third-order valence-corrected chi connectivity index (χ3v) is 5.10. The molecule has 34 heavy (non-hydrogen) atoms. The van der Waals surface area contributed by atoms with Crippen LogP contribution in [0.4, 0.5) is 4.79 Å². The number of rotatable bonds is 7. The summed E-state index contributed by atoms with van der Waals surface area (Å²) in [5, 5.41) is 17.0. The Hall–Kier alpha value is -3.40. The standard InChI is InChI=1S/C24H33N3O7/c1-16(13-28)25-21(29)12-19-10-6-7-11-20(23(31)33-14-17(2)26-22(19)30)27-24(32)34-15-18-8-4-3-5-9-18/h3-9,16-17,19-20,28H,10-15H2,1-2H3,(H,25,29)(H,26,30)(H,27,32)/t16-,17+,19-,20-/m1/s1. The van der Waals surface area contributed by atoms with Gasteiger partial charge in [-0.05, 0) is 32.3 Å². The van der Waals surface area contributed by atoms with Crippen LogP contribution in [0.1, 0.15) is 38.7 Å². The van der Waals surface area contributed by atoms with E-state index in [1.165, 1.54) is 0 Å². The molecule has 1 aliphatic rings. The molecule has 0 saturated heterocycles. The summed E-state index contributed by atoms with van der Waals surface area (Å²) < 4.78 is 10.5. The van der Waals surface area contributed by atoms with Crippen molar-refractivity contribution in [2.45, 2.75) is 57.8 Å². The molecule has 0 aromatic heterocycles. The van der Waals surface area contributed by atoms with Gasteiger partial charge in [-0.3, -0.25) is 9.59 Å². The summed E-state index contributed by atoms with van der Waals surface area (Å²) in [5.74, 6) is -1.96. The molecule has 1 aliphatic heterocycles. The Morgan fingerprint density at radius 2 is 1.91 bits per heavy atom. The second-order valence-corrected chi connectivity index (χ2v) is 8.29. The first-order valence-corrected chi connectivity index (χ1v) is 11.3. The maximum atomic E-state index is 12.6. The molecule has 186 valence electrons. The van der Waals surface area contributed by atoms with Gasteiger partial charge in [-0.15, -0.1) is 0 Å². The van der Waals surface area contributed by atoms with E-state index in [9.17, 15) is 19.2 Å². The normalized spacial score (nSPS) is 22.3. The molecular weight excluding hydrogens is 442 g/mol. The van der Waals surface area contributed by atoms with Gasteiger partial charge in [0.15, 0.2) is 0 Å². The smallest absolute Gasteiger partial charge is 0.408 e. The van der Waals surface area contributed by atoms with E-state index >= 15 is 0 Å². The number of hydrogen-bond acceptors (Lipinski definition) is 7. The van der Waals surface area contributed by atoms with Crippen LogP contribution >= 0.6 is 0 Å². The summed E-state index contributed by atoms with van der Waals surface area (Å²) >= 11 is 0. The second kappa shape index (κ2) is 14.0. The van der Waals surface area contributed by atoms with Gasteiger partial charge in [0.1, 0.15) is 19.3 Å². The third-order valence-electron chi connectivity index (χ3n) is 5.10. The highest BCUT2D eigenvalue weighted by atomic mass is 16.6. The van der Waals surface area contributed by atoms with Crippen LogP contribution in [0.2, 0.25) is 0 Å². The lowest BCUT2D eigenvalue weighted by molar-refractivity contribution is -0.147. The highest BCUT2D eigenvalue weighted by molar-refractivity contribution is 5.86. The lowest BCUT2D eigenvalue weighted by Gasteiger charge is -2.22. The molecule has 1 aromatic rings. The molecule has 10 heteroatoms. The topological polar surface area (TPSA) is 143 Å². The first kappa shape index (κ1) is 26.8. The predicted molar refractivity (Wildman–Crippen MR) is 123 cm³/mol. The number of amides is 3. The van der Waals surface area contributed by atoms with Crippen LogP contribution in [-0.4, -0.2) is 60.3 Å². The molecule has 4 atom stereocenters. The average Bonchev–Trinajstić information content (AvgIpc) is 2.82. The van der Waals surface area contributed by atoms with Gasteiger partial charge in [0, 0.05) is 12.5 Å². The monoisotopic (exact) mass is 475 g/mol. The number of alkyl carbamates (subject to hydrolysis) is 1. The third kappa shape index (κ3) is 9.62. The van der Waals surface area contributed by atoms with Crippen molar-refractivity contribution >= 4 is 23.9 Å². The minimum atomic E-state index is -0.964. The molecular formula is C24H33N3O7. The maximum Gasteiger partial charge on any atom is 0.408 e. The van der Waals surface area contributed by atoms with Crippen molar-refractivity contribution in [3.05, 3.63) is 48.0 Å². The van der Waals surface area contributed by atoms with Crippen LogP contribution < -0.4 is 16.0 Å². The van der Waals surface area contributed by atoms with Gasteiger partial charge in [0.2, 0.25) is 11.8 Å². The van der Waals surface area contributed by atoms with Gasteiger partial charge in [-0.25, -0.2) is 9.59 Å². The average molecular weight is 476 g/mol. The van der Waals surface area contributed by atoms with Crippen molar-refractivity contribution in [2.24, 2.45) is 5.92 Å². The molecule has 0 radical (unpaired) electrons. The van der Waals surface area contributed by atoms with E-state index < -0.39 is 36.1 Å². The van der Waals surface area contributed by atoms with E-state index in [-0.39, 0.29) is 50.9 Å². The quantitative estimate of drug-likeness (QED) is 0.343. The predicted octanol–water partition coefficient (Wildman–Crippen LogP) is 1.18. The summed E-state index contributed by atoms with van der Waals surface area (Å²) in [6, 6.07) is 7.28. The minimum absolute atomic E-state index is 0.0550. The number of allylic oxidation sites excluding steroid dienone is 1. The highest BCUT2D eigenvalue weighted by Crippen LogP contribution is 2.13. The van der Waals surface area contributed by atoms with E-state index in [0.717, 1.165) is 5.56 Å². The van der Waals surface area contributed by atoms with Crippen molar-refractivity contribution in [1.82, 2.24) is 16.0 Å². The van der Waals surface area contributed by atoms with Gasteiger partial charge >= 0.3 is 12.1 Å².